The third kappa shape index (κ3) is 11.8. The van der Waals surface area contributed by atoms with Gasteiger partial charge in [0.2, 0.25) is 35.3 Å². The van der Waals surface area contributed by atoms with Gasteiger partial charge >= 0.3 is 0 Å². The molecule has 2 aliphatic carbocycles. The fourth-order valence-electron chi connectivity index (χ4n) is 11.6. The first-order valence-corrected chi connectivity index (χ1v) is 27.3. The van der Waals surface area contributed by atoms with Crippen molar-refractivity contribution in [2.75, 3.05) is 64.5 Å². The van der Waals surface area contributed by atoms with Gasteiger partial charge in [0.25, 0.3) is 5.91 Å². The fourth-order valence-corrected chi connectivity index (χ4v) is 11.6. The molecule has 0 saturated carbocycles. The Bertz CT molecular complexity index is 3300. The Balaban J connectivity index is 0.682. The molecule has 23 nitrogen and oxygen atoms in total. The van der Waals surface area contributed by atoms with Gasteiger partial charge < -0.3 is 70.5 Å². The van der Waals surface area contributed by atoms with E-state index in [2.05, 4.69) is 43.3 Å². The third-order valence-corrected chi connectivity index (χ3v) is 15.6. The molecule has 0 bridgehead atoms. The number of benzene rings is 4. The van der Waals surface area contributed by atoms with Crippen molar-refractivity contribution in [3.63, 3.8) is 0 Å². The first-order chi connectivity index (χ1) is 39.5. The van der Waals surface area contributed by atoms with E-state index in [1.54, 1.807) is 4.90 Å². The summed E-state index contributed by atoms with van der Waals surface area (Å²) < 4.78 is 30.1. The Kier molecular flexibility index (Phi) is 17.0. The molecular formula is C59H63N7O16. The number of carbonyl (C=O) groups is 8. The highest BCUT2D eigenvalue weighted by Gasteiger charge is 2.53. The summed E-state index contributed by atoms with van der Waals surface area (Å²) in [6, 6.07) is 19.3. The second kappa shape index (κ2) is 24.5. The molecule has 430 valence electrons. The molecule has 82 heavy (non-hydrogen) atoms. The lowest BCUT2D eigenvalue weighted by Gasteiger charge is -2.43. The van der Waals surface area contributed by atoms with Gasteiger partial charge in [-0.25, -0.2) is 0 Å². The van der Waals surface area contributed by atoms with Crippen LogP contribution in [0.3, 0.4) is 0 Å². The number of nitrogens with one attached hydrogen (secondary N) is 5. The molecule has 0 aromatic heterocycles. The highest BCUT2D eigenvalue weighted by Crippen LogP contribution is 2.53. The number of fused-ring (bicyclic) bond motifs is 8. The summed E-state index contributed by atoms with van der Waals surface area (Å²) in [6.07, 6.45) is -3.28. The molecule has 0 unspecified atom stereocenters. The van der Waals surface area contributed by atoms with Crippen molar-refractivity contribution in [3.05, 3.63) is 117 Å². The van der Waals surface area contributed by atoms with Crippen LogP contribution in [0.4, 0.5) is 5.69 Å². The summed E-state index contributed by atoms with van der Waals surface area (Å²) in [5.74, 6) is -0.0301. The predicted octanol–water partition coefficient (Wildman–Crippen LogP) is 1.27. The van der Waals surface area contributed by atoms with Crippen molar-refractivity contribution >= 4 is 52.7 Å². The maximum atomic E-state index is 14.2. The van der Waals surface area contributed by atoms with E-state index in [1.165, 1.54) is 25.3 Å². The maximum Gasteiger partial charge on any atom is 0.252 e. The first kappa shape index (κ1) is 57.0. The van der Waals surface area contributed by atoms with Crippen molar-refractivity contribution in [1.82, 2.24) is 31.5 Å². The lowest BCUT2D eigenvalue weighted by atomic mass is 9.72. The summed E-state index contributed by atoms with van der Waals surface area (Å²) >= 11 is 0. The van der Waals surface area contributed by atoms with Gasteiger partial charge in [0.15, 0.2) is 12.1 Å². The molecule has 4 heterocycles. The van der Waals surface area contributed by atoms with Gasteiger partial charge in [-0.15, -0.1) is 0 Å². The number of hydrogen-bond donors (Lipinski definition) is 8. The summed E-state index contributed by atoms with van der Waals surface area (Å²) in [5, 5.41) is 48.6. The summed E-state index contributed by atoms with van der Waals surface area (Å²) in [7, 11) is 1.32. The van der Waals surface area contributed by atoms with Gasteiger partial charge in [-0.1, -0.05) is 54.3 Å². The number of anilines is 1. The average molecular weight is 1130 g/mol. The van der Waals surface area contributed by atoms with Gasteiger partial charge in [-0.3, -0.25) is 43.3 Å². The molecule has 6 amide bonds. The second-order valence-electron chi connectivity index (χ2n) is 20.9. The average Bonchev–Trinajstić information content (AvgIpc) is 3.03. The highest BCUT2D eigenvalue weighted by molar-refractivity contribution is 6.31. The number of nitrogens with zero attached hydrogens (tertiary/aromatic N) is 2. The van der Waals surface area contributed by atoms with Crippen LogP contribution >= 0.6 is 0 Å². The number of amides is 6. The zero-order valence-corrected chi connectivity index (χ0v) is 45.2. The number of methoxy groups -OCH3 is 1. The summed E-state index contributed by atoms with van der Waals surface area (Å²) in [6.45, 7) is 1.84. The highest BCUT2D eigenvalue weighted by atomic mass is 16.7. The minimum atomic E-state index is -2.36. The standard InChI is InChI=1S/C59H63N7O16/c1-32-57-39(65-22-23-79-31-47(65)82-57)24-48(80-32)81-41-26-59(77,25-37-50(41)56(75)52-51(54(37)73)53(72)36-13-9-15-40(78-2)49(36)55(52)74)58(76)61-21-20-60-43(68)27-63-45(70)29-64-44(69)28-62-42(67)16-7-8-17-46(71)66-30-35-12-4-3-10-33(35)18-19-34-11-5-6-14-38(34)66/h3-6,9-15,32,39,41,47-48,57,73,75,77H,7-8,16-17,20-31H2,1-2H3,(H,60,68)(H,61,76)(H,62,67)(H,63,70)(H,64,69)/t32-,39-,41-,47+,48-,57+,59-/m0/s1. The minimum Gasteiger partial charge on any atom is -0.507 e. The van der Waals surface area contributed by atoms with E-state index in [1.807, 2.05) is 55.5 Å². The van der Waals surface area contributed by atoms with Crippen molar-refractivity contribution in [1.29, 1.82) is 0 Å². The van der Waals surface area contributed by atoms with Crippen molar-refractivity contribution < 1.29 is 77.4 Å². The Morgan fingerprint density at radius 2 is 1.43 bits per heavy atom. The molecule has 0 spiro atoms. The van der Waals surface area contributed by atoms with Crippen LogP contribution in [0.15, 0.2) is 66.7 Å². The normalized spacial score (nSPS) is 23.0. The van der Waals surface area contributed by atoms with E-state index in [9.17, 15) is 53.7 Å². The maximum absolute atomic E-state index is 14.2. The van der Waals surface area contributed by atoms with Crippen molar-refractivity contribution in [3.8, 4) is 29.1 Å². The molecular weight excluding hydrogens is 1060 g/mol. The molecule has 6 aliphatic rings. The summed E-state index contributed by atoms with van der Waals surface area (Å²) in [4.78, 5) is 110. The second-order valence-corrected chi connectivity index (χ2v) is 20.9. The summed E-state index contributed by atoms with van der Waals surface area (Å²) in [5.41, 5.74) is -0.610. The number of hydrogen-bond acceptors (Lipinski definition) is 17. The minimum absolute atomic E-state index is 0.0664. The molecule has 3 fully saturated rings. The molecule has 4 aromatic carbocycles. The molecule has 8 N–H and O–H groups in total. The first-order valence-electron chi connectivity index (χ1n) is 27.3. The van der Waals surface area contributed by atoms with E-state index in [0.29, 0.717) is 39.1 Å². The number of phenols is 2. The Hall–Kier alpha value is -8.24. The number of phenolic OH excluding ortho intramolecular Hbond substituents is 2. The zero-order valence-electron chi connectivity index (χ0n) is 45.2. The van der Waals surface area contributed by atoms with E-state index in [4.69, 9.17) is 23.7 Å². The number of para-hydroxylation sites is 1. The number of ether oxygens (including phenoxy) is 5. The smallest absolute Gasteiger partial charge is 0.252 e. The molecule has 7 atom stereocenters. The number of unbranched alkanes of at least 4 members (excludes halogenated alkanes) is 1. The van der Waals surface area contributed by atoms with E-state index < -0.39 is 120 Å². The Morgan fingerprint density at radius 1 is 0.756 bits per heavy atom. The van der Waals surface area contributed by atoms with Crippen LogP contribution in [0.5, 0.6) is 17.2 Å². The lowest BCUT2D eigenvalue weighted by Crippen LogP contribution is -2.54. The van der Waals surface area contributed by atoms with Gasteiger partial charge in [0.05, 0.1) is 81.1 Å². The van der Waals surface area contributed by atoms with Crippen LogP contribution in [0.1, 0.15) is 111 Å². The largest absolute Gasteiger partial charge is 0.507 e. The topological polar surface area (TPSA) is 310 Å². The van der Waals surface area contributed by atoms with Crippen LogP contribution in [0.25, 0.3) is 0 Å². The molecule has 0 radical (unpaired) electrons. The number of morpholine rings is 1. The van der Waals surface area contributed by atoms with Gasteiger partial charge in [0, 0.05) is 85.6 Å². The number of aromatic hydroxyl groups is 2. The van der Waals surface area contributed by atoms with Gasteiger partial charge in [-0.2, -0.15) is 0 Å². The van der Waals surface area contributed by atoms with Crippen molar-refractivity contribution in [2.45, 2.75) is 101 Å². The number of carbonyl (C=O) groups excluding carboxylic acids is 8. The van der Waals surface area contributed by atoms with E-state index >= 15 is 0 Å². The van der Waals surface area contributed by atoms with Crippen molar-refractivity contribution in [2.24, 2.45) is 0 Å². The van der Waals surface area contributed by atoms with E-state index in [0.717, 1.165) is 22.4 Å². The van der Waals surface area contributed by atoms with Crippen LogP contribution in [-0.4, -0.2) is 163 Å². The Labute approximate surface area is 471 Å². The van der Waals surface area contributed by atoms with Crippen LogP contribution in [0.2, 0.25) is 0 Å². The Morgan fingerprint density at radius 3 is 2.20 bits per heavy atom. The molecule has 23 heteroatoms. The monoisotopic (exact) mass is 1130 g/mol. The molecule has 3 saturated heterocycles. The molecule has 10 rings (SSSR count). The SMILES string of the molecule is COc1cccc2c1C(=O)c1c(O)c3c(c(O)c1C2=O)C[C@@](O)(C(=O)NCCNC(=O)CNC(=O)CNC(=O)CNC(=O)CCCCC(=O)N1Cc2ccccc2C#Cc2ccccc21)C[C@@H]3O[C@H]1C[C@H]2[C@H](O[C@@H]3COCCN32)[C@H](C)O1. The zero-order chi connectivity index (χ0) is 57.8. The number of rotatable bonds is 18. The van der Waals surface area contributed by atoms with Crippen LogP contribution in [-0.2, 0) is 60.7 Å². The fraction of sp³-hybridized carbons (Fsp3) is 0.424. The quantitative estimate of drug-likeness (QED) is 0.0348. The third-order valence-electron chi connectivity index (χ3n) is 15.6. The predicted molar refractivity (Wildman–Crippen MR) is 289 cm³/mol. The van der Waals surface area contributed by atoms with Crippen LogP contribution in [0, 0.1) is 11.8 Å². The van der Waals surface area contributed by atoms with E-state index in [-0.39, 0.29) is 84.6 Å². The van der Waals surface area contributed by atoms with Crippen LogP contribution < -0.4 is 36.2 Å². The molecule has 4 aromatic rings. The number of ketones is 2. The number of aliphatic hydroxyl groups is 1. The van der Waals surface area contributed by atoms with Gasteiger partial charge in [-0.05, 0) is 49.6 Å². The lowest BCUT2D eigenvalue weighted by molar-refractivity contribution is -0.247. The molecule has 4 aliphatic heterocycles. The van der Waals surface area contributed by atoms with Gasteiger partial charge in [0.1, 0.15) is 35.2 Å².